The van der Waals surface area contributed by atoms with Crippen LogP contribution in [0.1, 0.15) is 5.56 Å². The van der Waals surface area contributed by atoms with Crippen molar-refractivity contribution in [3.05, 3.63) is 35.2 Å². The first kappa shape index (κ1) is 15.1. The summed E-state index contributed by atoms with van der Waals surface area (Å²) in [6.45, 7) is 2.08. The van der Waals surface area contributed by atoms with Gasteiger partial charge in [0.15, 0.2) is 0 Å². The molecule has 1 aromatic heterocycles. The average molecular weight is 277 g/mol. The fourth-order valence-electron chi connectivity index (χ4n) is 1.42. The lowest BCUT2D eigenvalue weighted by atomic mass is 10.1. The van der Waals surface area contributed by atoms with Gasteiger partial charge in [0.1, 0.15) is 0 Å². The Labute approximate surface area is 111 Å². The standard InChI is InChI=1S/C11H12N2S.2ClH/c1-7-4-5-14-11(7)9-6-8(12)2-3-10(9)13;;/h2-6H,12-13H2,1H3;2*1H. The molecule has 0 aliphatic heterocycles. The van der Waals surface area contributed by atoms with E-state index in [1.165, 1.54) is 10.4 Å². The summed E-state index contributed by atoms with van der Waals surface area (Å²) in [5.74, 6) is 0. The normalized spacial score (nSPS) is 9.06. The number of aryl methyl sites for hydroxylation is 1. The van der Waals surface area contributed by atoms with Crippen LogP contribution in [0.4, 0.5) is 11.4 Å². The Hall–Kier alpha value is -0.900. The number of halogens is 2. The molecule has 0 unspecified atom stereocenters. The van der Waals surface area contributed by atoms with Gasteiger partial charge in [-0.05, 0) is 42.1 Å². The van der Waals surface area contributed by atoms with Gasteiger partial charge in [0, 0.05) is 21.8 Å². The molecule has 16 heavy (non-hydrogen) atoms. The van der Waals surface area contributed by atoms with Gasteiger partial charge in [-0.2, -0.15) is 0 Å². The van der Waals surface area contributed by atoms with Gasteiger partial charge in [0.05, 0.1) is 0 Å². The van der Waals surface area contributed by atoms with E-state index in [0.717, 1.165) is 16.9 Å². The van der Waals surface area contributed by atoms with Gasteiger partial charge in [0.2, 0.25) is 0 Å². The molecule has 5 heteroatoms. The average Bonchev–Trinajstić information content (AvgIpc) is 2.56. The summed E-state index contributed by atoms with van der Waals surface area (Å²) < 4.78 is 0. The molecule has 2 nitrogen and oxygen atoms in total. The van der Waals surface area contributed by atoms with Crippen LogP contribution >= 0.6 is 36.2 Å². The highest BCUT2D eigenvalue weighted by Gasteiger charge is 2.06. The van der Waals surface area contributed by atoms with Crippen molar-refractivity contribution in [2.24, 2.45) is 0 Å². The molecule has 0 aliphatic carbocycles. The summed E-state index contributed by atoms with van der Waals surface area (Å²) in [6, 6.07) is 7.68. The lowest BCUT2D eigenvalue weighted by Crippen LogP contribution is -1.92. The van der Waals surface area contributed by atoms with E-state index in [9.17, 15) is 0 Å². The second-order valence-electron chi connectivity index (χ2n) is 3.28. The number of rotatable bonds is 1. The van der Waals surface area contributed by atoms with Gasteiger partial charge in [0.25, 0.3) is 0 Å². The Bertz CT molecular complexity index is 469. The highest BCUT2D eigenvalue weighted by Crippen LogP contribution is 2.34. The van der Waals surface area contributed by atoms with E-state index >= 15 is 0 Å². The predicted octanol–water partition coefficient (Wildman–Crippen LogP) is 3.73. The zero-order valence-corrected chi connectivity index (χ0v) is 11.2. The Morgan fingerprint density at radius 1 is 1.06 bits per heavy atom. The van der Waals surface area contributed by atoms with Crippen LogP contribution in [0.2, 0.25) is 0 Å². The number of nitrogen functional groups attached to an aromatic ring is 2. The van der Waals surface area contributed by atoms with Gasteiger partial charge in [-0.3, -0.25) is 0 Å². The third-order valence-electron chi connectivity index (χ3n) is 2.18. The molecule has 1 heterocycles. The molecule has 0 amide bonds. The van der Waals surface area contributed by atoms with Crippen molar-refractivity contribution < 1.29 is 0 Å². The van der Waals surface area contributed by atoms with Crippen LogP contribution in [0.25, 0.3) is 10.4 Å². The Balaban J connectivity index is 0.00000112. The largest absolute Gasteiger partial charge is 0.399 e. The third kappa shape index (κ3) is 2.82. The van der Waals surface area contributed by atoms with Crippen LogP contribution in [0.3, 0.4) is 0 Å². The van der Waals surface area contributed by atoms with Crippen molar-refractivity contribution in [3.63, 3.8) is 0 Å². The lowest BCUT2D eigenvalue weighted by molar-refractivity contribution is 1.53. The van der Waals surface area contributed by atoms with Crippen molar-refractivity contribution in [2.45, 2.75) is 6.92 Å². The molecule has 0 spiro atoms. The molecule has 4 N–H and O–H groups in total. The number of anilines is 2. The predicted molar refractivity (Wildman–Crippen MR) is 77.8 cm³/mol. The van der Waals surface area contributed by atoms with Gasteiger partial charge < -0.3 is 11.5 Å². The highest BCUT2D eigenvalue weighted by molar-refractivity contribution is 7.13. The summed E-state index contributed by atoms with van der Waals surface area (Å²) in [4.78, 5) is 1.20. The minimum Gasteiger partial charge on any atom is -0.399 e. The van der Waals surface area contributed by atoms with Crippen LogP contribution in [-0.4, -0.2) is 0 Å². The molecule has 1 aromatic carbocycles. The third-order valence-corrected chi connectivity index (χ3v) is 3.23. The maximum absolute atomic E-state index is 5.90. The van der Waals surface area contributed by atoms with Crippen LogP contribution in [0.15, 0.2) is 29.6 Å². The maximum atomic E-state index is 5.90. The molecule has 0 saturated carbocycles. The van der Waals surface area contributed by atoms with Crippen molar-refractivity contribution in [1.82, 2.24) is 0 Å². The first-order chi connectivity index (χ1) is 6.68. The molecular weight excluding hydrogens is 263 g/mol. The zero-order valence-electron chi connectivity index (χ0n) is 8.77. The molecule has 0 saturated heterocycles. The van der Waals surface area contributed by atoms with E-state index in [-0.39, 0.29) is 24.8 Å². The molecule has 2 rings (SSSR count). The van der Waals surface area contributed by atoms with Gasteiger partial charge in [-0.1, -0.05) is 0 Å². The number of nitrogens with two attached hydrogens (primary N) is 2. The zero-order chi connectivity index (χ0) is 10.1. The van der Waals surface area contributed by atoms with Gasteiger partial charge in [-0.15, -0.1) is 36.2 Å². The van der Waals surface area contributed by atoms with Crippen molar-refractivity contribution >= 4 is 47.5 Å². The lowest BCUT2D eigenvalue weighted by Gasteiger charge is -2.05. The first-order valence-corrected chi connectivity index (χ1v) is 5.26. The van der Waals surface area contributed by atoms with Crippen LogP contribution in [-0.2, 0) is 0 Å². The Morgan fingerprint density at radius 3 is 2.31 bits per heavy atom. The summed E-state index contributed by atoms with van der Waals surface area (Å²) in [5, 5.41) is 2.06. The summed E-state index contributed by atoms with van der Waals surface area (Å²) in [6.07, 6.45) is 0. The van der Waals surface area contributed by atoms with Crippen LogP contribution < -0.4 is 11.5 Å². The fraction of sp³-hybridized carbons (Fsp3) is 0.0909. The maximum Gasteiger partial charge on any atom is 0.0403 e. The molecule has 88 valence electrons. The van der Waals surface area contributed by atoms with E-state index in [0.29, 0.717) is 0 Å². The fourth-order valence-corrected chi connectivity index (χ4v) is 2.39. The highest BCUT2D eigenvalue weighted by atomic mass is 35.5. The van der Waals surface area contributed by atoms with Gasteiger partial charge >= 0.3 is 0 Å². The smallest absolute Gasteiger partial charge is 0.0403 e. The van der Waals surface area contributed by atoms with E-state index < -0.39 is 0 Å². The number of benzene rings is 1. The van der Waals surface area contributed by atoms with E-state index in [1.807, 2.05) is 18.2 Å². The topological polar surface area (TPSA) is 52.0 Å². The van der Waals surface area contributed by atoms with E-state index in [2.05, 4.69) is 18.4 Å². The Morgan fingerprint density at radius 2 is 1.75 bits per heavy atom. The molecule has 0 bridgehead atoms. The monoisotopic (exact) mass is 276 g/mol. The van der Waals surface area contributed by atoms with E-state index in [4.69, 9.17) is 11.5 Å². The molecule has 0 aliphatic rings. The molecule has 0 radical (unpaired) electrons. The molecular formula is C11H14Cl2N2S. The molecule has 2 aromatic rings. The van der Waals surface area contributed by atoms with Crippen LogP contribution in [0.5, 0.6) is 0 Å². The van der Waals surface area contributed by atoms with E-state index in [1.54, 1.807) is 11.3 Å². The Kier molecular flexibility index (Phi) is 5.65. The second-order valence-corrected chi connectivity index (χ2v) is 4.20. The number of hydrogen-bond acceptors (Lipinski definition) is 3. The van der Waals surface area contributed by atoms with Crippen molar-refractivity contribution in [1.29, 1.82) is 0 Å². The molecule has 0 atom stereocenters. The number of hydrogen-bond donors (Lipinski definition) is 2. The summed E-state index contributed by atoms with van der Waals surface area (Å²) in [7, 11) is 0. The minimum absolute atomic E-state index is 0. The minimum atomic E-state index is 0. The summed E-state index contributed by atoms with van der Waals surface area (Å²) in [5.41, 5.74) is 15.4. The van der Waals surface area contributed by atoms with Crippen molar-refractivity contribution in [2.75, 3.05) is 11.5 Å². The van der Waals surface area contributed by atoms with Crippen molar-refractivity contribution in [3.8, 4) is 10.4 Å². The molecule has 0 fully saturated rings. The van der Waals surface area contributed by atoms with Crippen LogP contribution in [0, 0.1) is 6.92 Å². The first-order valence-electron chi connectivity index (χ1n) is 4.38. The quantitative estimate of drug-likeness (QED) is 0.780. The SMILES string of the molecule is Cc1ccsc1-c1cc(N)ccc1N.Cl.Cl. The second kappa shape index (κ2) is 5.99. The summed E-state index contributed by atoms with van der Waals surface area (Å²) >= 11 is 1.69. The number of thiophene rings is 1. The van der Waals surface area contributed by atoms with Gasteiger partial charge in [-0.25, -0.2) is 0 Å².